The Kier molecular flexibility index (Phi) is 4.27. The number of piperidine rings is 1. The highest BCUT2D eigenvalue weighted by molar-refractivity contribution is 5.81. The molecule has 2 unspecified atom stereocenters. The van der Waals surface area contributed by atoms with Crippen LogP contribution in [-0.4, -0.2) is 49.7 Å². The average molecular weight is 288 g/mol. The Morgan fingerprint density at radius 3 is 2.90 bits per heavy atom. The normalized spacial score (nSPS) is 30.1. The molecule has 2 heterocycles. The predicted molar refractivity (Wildman–Crippen MR) is 82.2 cm³/mol. The molecule has 2 saturated heterocycles. The van der Waals surface area contributed by atoms with Crippen LogP contribution < -0.4 is 5.32 Å². The number of ether oxygens (including phenoxy) is 1. The van der Waals surface area contributed by atoms with Gasteiger partial charge in [0.25, 0.3) is 5.91 Å². The first kappa shape index (κ1) is 14.5. The van der Waals surface area contributed by atoms with Crippen molar-refractivity contribution in [3.05, 3.63) is 35.9 Å². The molecule has 4 nitrogen and oxygen atoms in total. The van der Waals surface area contributed by atoms with Crippen LogP contribution in [-0.2, 0) is 14.9 Å². The minimum absolute atomic E-state index is 0.0528. The summed E-state index contributed by atoms with van der Waals surface area (Å²) in [7, 11) is 0. The summed E-state index contributed by atoms with van der Waals surface area (Å²) < 4.78 is 5.61. The monoisotopic (exact) mass is 288 g/mol. The fourth-order valence-corrected chi connectivity index (χ4v) is 3.43. The van der Waals surface area contributed by atoms with E-state index < -0.39 is 0 Å². The molecule has 0 aliphatic carbocycles. The predicted octanol–water partition coefficient (Wildman–Crippen LogP) is 1.56. The number of carbonyl (C=O) groups is 1. The summed E-state index contributed by atoms with van der Waals surface area (Å²) in [6.45, 7) is 6.00. The minimum atomic E-state index is -0.308. The van der Waals surface area contributed by atoms with Crippen molar-refractivity contribution in [2.75, 3.05) is 32.8 Å². The Balaban J connectivity index is 1.72. The number of nitrogens with one attached hydrogen (secondary N) is 1. The van der Waals surface area contributed by atoms with Crippen LogP contribution >= 0.6 is 0 Å². The molecule has 0 spiro atoms. The van der Waals surface area contributed by atoms with E-state index in [4.69, 9.17) is 4.74 Å². The summed E-state index contributed by atoms with van der Waals surface area (Å²) in [6, 6.07) is 10.5. The fourth-order valence-electron chi connectivity index (χ4n) is 3.43. The van der Waals surface area contributed by atoms with E-state index in [-0.39, 0.29) is 17.4 Å². The molecule has 1 N–H and O–H groups in total. The van der Waals surface area contributed by atoms with Gasteiger partial charge in [-0.1, -0.05) is 37.3 Å². The average Bonchev–Trinajstić information content (AvgIpc) is 2.56. The maximum atomic E-state index is 12.6. The van der Waals surface area contributed by atoms with Gasteiger partial charge in [0, 0.05) is 31.6 Å². The Hall–Kier alpha value is -1.39. The van der Waals surface area contributed by atoms with Crippen LogP contribution in [0.5, 0.6) is 0 Å². The van der Waals surface area contributed by atoms with E-state index in [9.17, 15) is 4.79 Å². The second-order valence-electron chi connectivity index (χ2n) is 6.35. The summed E-state index contributed by atoms with van der Waals surface area (Å²) in [5.74, 6) is 0.143. The molecule has 1 amide bonds. The number of benzene rings is 1. The Labute approximate surface area is 126 Å². The first-order valence-corrected chi connectivity index (χ1v) is 7.86. The zero-order valence-corrected chi connectivity index (χ0v) is 12.7. The van der Waals surface area contributed by atoms with Gasteiger partial charge in [0.05, 0.1) is 6.61 Å². The van der Waals surface area contributed by atoms with E-state index in [0.29, 0.717) is 13.2 Å². The lowest BCUT2D eigenvalue weighted by molar-refractivity contribution is -0.147. The van der Waals surface area contributed by atoms with Gasteiger partial charge in [0.15, 0.2) is 0 Å². The van der Waals surface area contributed by atoms with E-state index in [2.05, 4.69) is 36.5 Å². The lowest BCUT2D eigenvalue weighted by Gasteiger charge is -2.42. The van der Waals surface area contributed by atoms with E-state index in [1.54, 1.807) is 0 Å². The number of rotatable bonds is 2. The standard InChI is InChI=1S/C17H24N2O2/c1-17(14-6-3-2-4-7-14)8-5-10-19(13-17)16(20)15-12-18-9-11-21-15/h2-4,6-7,15,18H,5,8-13H2,1H3. The maximum Gasteiger partial charge on any atom is 0.253 e. The van der Waals surface area contributed by atoms with Gasteiger partial charge in [-0.2, -0.15) is 0 Å². The first-order valence-electron chi connectivity index (χ1n) is 7.86. The van der Waals surface area contributed by atoms with Crippen molar-refractivity contribution in [2.45, 2.75) is 31.3 Å². The second-order valence-corrected chi connectivity index (χ2v) is 6.35. The Bertz CT molecular complexity index is 485. The van der Waals surface area contributed by atoms with Crippen LogP contribution in [0.2, 0.25) is 0 Å². The second kappa shape index (κ2) is 6.16. The molecular formula is C17H24N2O2. The Morgan fingerprint density at radius 1 is 1.38 bits per heavy atom. The van der Waals surface area contributed by atoms with Gasteiger partial charge in [-0.3, -0.25) is 4.79 Å². The van der Waals surface area contributed by atoms with Crippen molar-refractivity contribution in [1.82, 2.24) is 10.2 Å². The highest BCUT2D eigenvalue weighted by Gasteiger charge is 2.37. The van der Waals surface area contributed by atoms with Crippen molar-refractivity contribution >= 4 is 5.91 Å². The highest BCUT2D eigenvalue weighted by atomic mass is 16.5. The third-order valence-electron chi connectivity index (χ3n) is 4.68. The van der Waals surface area contributed by atoms with Crippen LogP contribution in [0, 0.1) is 0 Å². The molecule has 114 valence electrons. The van der Waals surface area contributed by atoms with E-state index in [0.717, 1.165) is 32.5 Å². The number of hydrogen-bond acceptors (Lipinski definition) is 3. The largest absolute Gasteiger partial charge is 0.366 e. The Morgan fingerprint density at radius 2 is 2.19 bits per heavy atom. The number of amides is 1. The van der Waals surface area contributed by atoms with E-state index >= 15 is 0 Å². The first-order chi connectivity index (χ1) is 10.2. The van der Waals surface area contributed by atoms with Gasteiger partial charge in [0.1, 0.15) is 6.10 Å². The van der Waals surface area contributed by atoms with E-state index in [1.807, 2.05) is 11.0 Å². The summed E-state index contributed by atoms with van der Waals surface area (Å²) in [5, 5.41) is 3.23. The van der Waals surface area contributed by atoms with Gasteiger partial charge < -0.3 is 15.0 Å². The molecule has 0 bridgehead atoms. The summed E-state index contributed by atoms with van der Waals surface area (Å²) in [4.78, 5) is 14.6. The third kappa shape index (κ3) is 3.11. The minimum Gasteiger partial charge on any atom is -0.366 e. The zero-order chi connectivity index (χ0) is 14.7. The van der Waals surface area contributed by atoms with Gasteiger partial charge >= 0.3 is 0 Å². The molecule has 2 fully saturated rings. The number of nitrogens with zero attached hydrogens (tertiary/aromatic N) is 1. The molecular weight excluding hydrogens is 264 g/mol. The van der Waals surface area contributed by atoms with Crippen molar-refractivity contribution in [3.63, 3.8) is 0 Å². The van der Waals surface area contributed by atoms with Gasteiger partial charge in [0.2, 0.25) is 0 Å². The van der Waals surface area contributed by atoms with Crippen molar-refractivity contribution in [2.24, 2.45) is 0 Å². The molecule has 3 rings (SSSR count). The maximum absolute atomic E-state index is 12.6. The zero-order valence-electron chi connectivity index (χ0n) is 12.7. The van der Waals surface area contributed by atoms with Crippen LogP contribution in [0.15, 0.2) is 30.3 Å². The van der Waals surface area contributed by atoms with Crippen LogP contribution in [0.4, 0.5) is 0 Å². The smallest absolute Gasteiger partial charge is 0.253 e. The number of likely N-dealkylation sites (tertiary alicyclic amines) is 1. The van der Waals surface area contributed by atoms with Crippen LogP contribution in [0.3, 0.4) is 0 Å². The molecule has 2 atom stereocenters. The molecule has 2 aliphatic rings. The number of hydrogen-bond donors (Lipinski definition) is 1. The SMILES string of the molecule is CC1(c2ccccc2)CCCN(C(=O)C2CNCCO2)C1. The lowest BCUT2D eigenvalue weighted by Crippen LogP contribution is -2.54. The summed E-state index contributed by atoms with van der Waals surface area (Å²) >= 11 is 0. The summed E-state index contributed by atoms with van der Waals surface area (Å²) in [5.41, 5.74) is 1.38. The molecule has 1 aromatic rings. The number of carbonyl (C=O) groups excluding carboxylic acids is 1. The van der Waals surface area contributed by atoms with Crippen LogP contribution in [0.25, 0.3) is 0 Å². The molecule has 21 heavy (non-hydrogen) atoms. The van der Waals surface area contributed by atoms with Crippen molar-refractivity contribution in [3.8, 4) is 0 Å². The van der Waals surface area contributed by atoms with Gasteiger partial charge in [-0.05, 0) is 18.4 Å². The molecule has 0 saturated carbocycles. The fraction of sp³-hybridized carbons (Fsp3) is 0.588. The third-order valence-corrected chi connectivity index (χ3v) is 4.68. The van der Waals surface area contributed by atoms with Gasteiger partial charge in [-0.25, -0.2) is 0 Å². The molecule has 4 heteroatoms. The topological polar surface area (TPSA) is 41.6 Å². The number of morpholine rings is 1. The molecule has 0 aromatic heterocycles. The molecule has 1 aromatic carbocycles. The molecule has 0 radical (unpaired) electrons. The van der Waals surface area contributed by atoms with Gasteiger partial charge in [-0.15, -0.1) is 0 Å². The van der Waals surface area contributed by atoms with Crippen molar-refractivity contribution in [1.29, 1.82) is 0 Å². The quantitative estimate of drug-likeness (QED) is 0.898. The summed E-state index contributed by atoms with van der Waals surface area (Å²) in [6.07, 6.45) is 1.87. The van der Waals surface area contributed by atoms with Crippen LogP contribution in [0.1, 0.15) is 25.3 Å². The highest BCUT2D eigenvalue weighted by Crippen LogP contribution is 2.33. The van der Waals surface area contributed by atoms with E-state index in [1.165, 1.54) is 5.56 Å². The molecule has 2 aliphatic heterocycles. The lowest BCUT2D eigenvalue weighted by atomic mass is 9.76. The van der Waals surface area contributed by atoms with Crippen molar-refractivity contribution < 1.29 is 9.53 Å².